The van der Waals surface area contributed by atoms with Gasteiger partial charge in [0.25, 0.3) is 0 Å². The first-order valence-electron chi connectivity index (χ1n) is 6.63. The van der Waals surface area contributed by atoms with E-state index in [-0.39, 0.29) is 18.4 Å². The summed E-state index contributed by atoms with van der Waals surface area (Å²) < 4.78 is 4.57. The molecule has 7 heteroatoms. The van der Waals surface area contributed by atoms with Crippen molar-refractivity contribution in [2.24, 2.45) is 0 Å². The number of nitrogens with zero attached hydrogens (tertiary/aromatic N) is 1. The van der Waals surface area contributed by atoms with Gasteiger partial charge in [-0.1, -0.05) is 12.1 Å². The minimum atomic E-state index is -0.245. The zero-order valence-corrected chi connectivity index (χ0v) is 12.5. The van der Waals surface area contributed by atoms with Crippen molar-refractivity contribution >= 4 is 40.6 Å². The van der Waals surface area contributed by atoms with E-state index in [0.717, 1.165) is 11.4 Å². The maximum Gasteiger partial charge on any atom is 0.305 e. The lowest BCUT2D eigenvalue weighted by Gasteiger charge is -2.31. The summed E-state index contributed by atoms with van der Waals surface area (Å²) in [4.78, 5) is 24.5. The first kappa shape index (κ1) is 15.2. The van der Waals surface area contributed by atoms with Gasteiger partial charge in [-0.3, -0.25) is 9.59 Å². The Morgan fingerprint density at radius 3 is 3.00 bits per heavy atom. The second-order valence-electron chi connectivity index (χ2n) is 4.56. The molecular formula is C14H17N3O3S. The predicted molar refractivity (Wildman–Crippen MR) is 84.3 cm³/mol. The Labute approximate surface area is 128 Å². The summed E-state index contributed by atoms with van der Waals surface area (Å²) in [6.07, 6.45) is 0.956. The third-order valence-electron chi connectivity index (χ3n) is 3.08. The number of carbonyl (C=O) groups excluding carboxylic acids is 2. The van der Waals surface area contributed by atoms with Crippen molar-refractivity contribution in [1.29, 1.82) is 0 Å². The van der Waals surface area contributed by atoms with Crippen LogP contribution in [0.3, 0.4) is 0 Å². The lowest BCUT2D eigenvalue weighted by atomic mass is 10.2. The highest BCUT2D eigenvalue weighted by Crippen LogP contribution is 2.28. The van der Waals surface area contributed by atoms with Gasteiger partial charge in [0.05, 0.1) is 18.5 Å². The van der Waals surface area contributed by atoms with Crippen molar-refractivity contribution in [3.05, 3.63) is 24.3 Å². The molecule has 1 aromatic carbocycles. The number of hydrogen-bond acceptors (Lipinski definition) is 4. The van der Waals surface area contributed by atoms with Gasteiger partial charge in [-0.25, -0.2) is 0 Å². The van der Waals surface area contributed by atoms with Gasteiger partial charge in [0.15, 0.2) is 5.11 Å². The Balaban J connectivity index is 1.93. The molecule has 0 saturated heterocycles. The molecule has 1 heterocycles. The number of esters is 1. The number of rotatable bonds is 4. The molecule has 0 bridgehead atoms. The lowest BCUT2D eigenvalue weighted by molar-refractivity contribution is -0.140. The number of nitrogens with one attached hydrogen (secondary N) is 2. The van der Waals surface area contributed by atoms with E-state index in [1.807, 2.05) is 24.3 Å². The number of para-hydroxylation sites is 2. The van der Waals surface area contributed by atoms with E-state index < -0.39 is 0 Å². The number of benzene rings is 1. The number of amides is 1. The van der Waals surface area contributed by atoms with Crippen LogP contribution < -0.4 is 15.5 Å². The molecule has 1 aliphatic rings. The number of hydrogen-bond donors (Lipinski definition) is 2. The fourth-order valence-corrected chi connectivity index (χ4v) is 2.30. The van der Waals surface area contributed by atoms with Crippen molar-refractivity contribution in [2.45, 2.75) is 12.8 Å². The second kappa shape index (κ2) is 7.03. The monoisotopic (exact) mass is 307 g/mol. The van der Waals surface area contributed by atoms with Crippen LogP contribution in [-0.2, 0) is 14.3 Å². The van der Waals surface area contributed by atoms with Gasteiger partial charge >= 0.3 is 5.97 Å². The second-order valence-corrected chi connectivity index (χ2v) is 4.95. The molecule has 1 aliphatic heterocycles. The van der Waals surface area contributed by atoms with Crippen molar-refractivity contribution in [3.8, 4) is 0 Å². The van der Waals surface area contributed by atoms with Gasteiger partial charge in [0, 0.05) is 13.0 Å². The van der Waals surface area contributed by atoms with E-state index in [2.05, 4.69) is 15.4 Å². The quantitative estimate of drug-likeness (QED) is 0.496. The minimum Gasteiger partial charge on any atom is -0.469 e. The fraction of sp³-hybridized carbons (Fsp3) is 0.357. The minimum absolute atomic E-state index is 0.104. The van der Waals surface area contributed by atoms with Crippen LogP contribution in [0.1, 0.15) is 12.8 Å². The predicted octanol–water partition coefficient (Wildman–Crippen LogP) is 1.27. The van der Waals surface area contributed by atoms with Crippen LogP contribution in [0, 0.1) is 0 Å². The van der Waals surface area contributed by atoms with Crippen LogP contribution in [0.5, 0.6) is 0 Å². The summed E-state index contributed by atoms with van der Waals surface area (Å²) in [5, 5.41) is 6.34. The van der Waals surface area contributed by atoms with E-state index in [0.29, 0.717) is 24.5 Å². The summed E-state index contributed by atoms with van der Waals surface area (Å²) in [6, 6.07) is 7.48. The molecule has 6 nitrogen and oxygen atoms in total. The summed E-state index contributed by atoms with van der Waals surface area (Å²) in [7, 11) is 1.36. The molecule has 21 heavy (non-hydrogen) atoms. The van der Waals surface area contributed by atoms with E-state index in [4.69, 9.17) is 12.2 Å². The van der Waals surface area contributed by atoms with Crippen LogP contribution in [0.2, 0.25) is 0 Å². The number of anilines is 2. The molecule has 1 aromatic rings. The third-order valence-corrected chi connectivity index (χ3v) is 3.44. The number of ether oxygens (including phenoxy) is 1. The largest absolute Gasteiger partial charge is 0.469 e. The van der Waals surface area contributed by atoms with Gasteiger partial charge in [0.2, 0.25) is 5.91 Å². The molecule has 0 aliphatic carbocycles. The van der Waals surface area contributed by atoms with Crippen LogP contribution in [0.25, 0.3) is 0 Å². The molecule has 112 valence electrons. The molecule has 0 radical (unpaired) electrons. The Hall–Kier alpha value is -2.15. The lowest BCUT2D eigenvalue weighted by Crippen LogP contribution is -2.47. The smallest absolute Gasteiger partial charge is 0.305 e. The SMILES string of the molecule is COC(=O)CCCNC(=S)N1CC(=O)Nc2ccccc21. The topological polar surface area (TPSA) is 70.7 Å². The van der Waals surface area contributed by atoms with Gasteiger partial charge in [-0.05, 0) is 30.8 Å². The van der Waals surface area contributed by atoms with Crippen molar-refractivity contribution in [1.82, 2.24) is 5.32 Å². The first-order chi connectivity index (χ1) is 10.1. The highest BCUT2D eigenvalue weighted by molar-refractivity contribution is 7.80. The van der Waals surface area contributed by atoms with E-state index in [1.165, 1.54) is 7.11 Å². The molecule has 0 atom stereocenters. The summed E-state index contributed by atoms with van der Waals surface area (Å²) in [5.74, 6) is -0.349. The van der Waals surface area contributed by atoms with E-state index in [9.17, 15) is 9.59 Å². The normalized spacial score (nSPS) is 13.2. The number of thiocarbonyl (C=S) groups is 1. The van der Waals surface area contributed by atoms with Crippen molar-refractivity contribution in [3.63, 3.8) is 0 Å². The maximum atomic E-state index is 11.7. The van der Waals surface area contributed by atoms with Crippen molar-refractivity contribution < 1.29 is 14.3 Å². The highest BCUT2D eigenvalue weighted by atomic mass is 32.1. The summed E-state index contributed by atoms with van der Waals surface area (Å²) in [5.41, 5.74) is 1.61. The Kier molecular flexibility index (Phi) is 5.10. The maximum absolute atomic E-state index is 11.7. The highest BCUT2D eigenvalue weighted by Gasteiger charge is 2.24. The van der Waals surface area contributed by atoms with Gasteiger partial charge in [-0.2, -0.15) is 0 Å². The van der Waals surface area contributed by atoms with Gasteiger partial charge < -0.3 is 20.3 Å². The Bertz CT molecular complexity index is 562. The van der Waals surface area contributed by atoms with Crippen molar-refractivity contribution in [2.75, 3.05) is 30.4 Å². The summed E-state index contributed by atoms with van der Waals surface area (Å²) >= 11 is 5.33. The average Bonchev–Trinajstić information content (AvgIpc) is 2.50. The van der Waals surface area contributed by atoms with Crippen LogP contribution >= 0.6 is 12.2 Å². The third kappa shape index (κ3) is 3.91. The number of methoxy groups -OCH3 is 1. The van der Waals surface area contributed by atoms with Crippen LogP contribution in [0.4, 0.5) is 11.4 Å². The molecule has 0 saturated carbocycles. The zero-order valence-electron chi connectivity index (χ0n) is 11.7. The molecule has 2 rings (SSSR count). The number of carbonyl (C=O) groups is 2. The fourth-order valence-electron chi connectivity index (χ4n) is 2.04. The standard InChI is InChI=1S/C14H17N3O3S/c1-20-13(19)7-4-8-15-14(21)17-9-12(18)16-10-5-2-3-6-11(10)17/h2-3,5-6H,4,7-9H2,1H3,(H,15,21)(H,16,18). The molecule has 0 aromatic heterocycles. The Morgan fingerprint density at radius 1 is 1.48 bits per heavy atom. The van der Waals surface area contributed by atoms with Crippen LogP contribution in [0.15, 0.2) is 24.3 Å². The van der Waals surface area contributed by atoms with Gasteiger partial charge in [0.1, 0.15) is 6.54 Å². The number of fused-ring (bicyclic) bond motifs is 1. The molecule has 0 unspecified atom stereocenters. The summed E-state index contributed by atoms with van der Waals surface area (Å²) in [6.45, 7) is 0.730. The zero-order chi connectivity index (χ0) is 15.2. The molecule has 0 spiro atoms. The molecular weight excluding hydrogens is 290 g/mol. The average molecular weight is 307 g/mol. The molecule has 2 N–H and O–H groups in total. The van der Waals surface area contributed by atoms with Crippen LogP contribution in [-0.4, -0.2) is 37.2 Å². The van der Waals surface area contributed by atoms with Gasteiger partial charge in [-0.15, -0.1) is 0 Å². The van der Waals surface area contributed by atoms with E-state index in [1.54, 1.807) is 4.90 Å². The van der Waals surface area contributed by atoms with E-state index >= 15 is 0 Å². The molecule has 0 fully saturated rings. The first-order valence-corrected chi connectivity index (χ1v) is 7.03. The molecule has 1 amide bonds. The Morgan fingerprint density at radius 2 is 2.24 bits per heavy atom.